The number of nitrogens with zero attached hydrogens (tertiary/aromatic N) is 1. The molecule has 1 N–H and O–H groups in total. The lowest BCUT2D eigenvalue weighted by molar-refractivity contribution is -0.119. The average molecular weight is 489 g/mol. The predicted octanol–water partition coefficient (Wildman–Crippen LogP) is 4.89. The van der Waals surface area contributed by atoms with E-state index in [1.807, 2.05) is 43.3 Å². The largest absolute Gasteiger partial charge is 0.354 e. The summed E-state index contributed by atoms with van der Waals surface area (Å²) in [4.78, 5) is 12.8. The van der Waals surface area contributed by atoms with Crippen LogP contribution >= 0.6 is 23.4 Å². The monoisotopic (exact) mass is 488 g/mol. The van der Waals surface area contributed by atoms with Crippen LogP contribution in [0.5, 0.6) is 0 Å². The normalized spacial score (nSPS) is 11.2. The molecule has 0 spiro atoms. The number of thioether (sulfide) groups is 1. The third-order valence-electron chi connectivity index (χ3n) is 4.72. The van der Waals surface area contributed by atoms with Crippen molar-refractivity contribution in [2.45, 2.75) is 17.6 Å². The first kappa shape index (κ1) is 24.2. The van der Waals surface area contributed by atoms with Gasteiger partial charge in [-0.2, -0.15) is 11.8 Å². The van der Waals surface area contributed by atoms with E-state index < -0.39 is 10.0 Å². The van der Waals surface area contributed by atoms with Crippen LogP contribution in [0.3, 0.4) is 0 Å². The van der Waals surface area contributed by atoms with E-state index in [9.17, 15) is 13.2 Å². The van der Waals surface area contributed by atoms with E-state index in [-0.39, 0.29) is 17.3 Å². The third kappa shape index (κ3) is 6.51. The lowest BCUT2D eigenvalue weighted by atomic mass is 10.2. The van der Waals surface area contributed by atoms with Gasteiger partial charge in [-0.05, 0) is 42.8 Å². The quantitative estimate of drug-likeness (QED) is 0.412. The highest BCUT2D eigenvalue weighted by Crippen LogP contribution is 2.24. The summed E-state index contributed by atoms with van der Waals surface area (Å²) in [5.74, 6) is 1.07. The molecule has 3 aromatic carbocycles. The van der Waals surface area contributed by atoms with Crippen molar-refractivity contribution in [1.82, 2.24) is 5.32 Å². The zero-order valence-electron chi connectivity index (χ0n) is 17.7. The van der Waals surface area contributed by atoms with Crippen LogP contribution in [0.2, 0.25) is 5.02 Å². The lowest BCUT2D eigenvalue weighted by Crippen LogP contribution is -2.41. The lowest BCUT2D eigenvalue weighted by Gasteiger charge is -2.24. The molecule has 0 saturated heterocycles. The molecule has 0 atom stereocenters. The van der Waals surface area contributed by atoms with Gasteiger partial charge < -0.3 is 5.32 Å². The van der Waals surface area contributed by atoms with Crippen molar-refractivity contribution >= 4 is 45.0 Å². The van der Waals surface area contributed by atoms with Gasteiger partial charge in [-0.1, -0.05) is 65.7 Å². The van der Waals surface area contributed by atoms with Crippen LogP contribution in [0, 0.1) is 6.92 Å². The number of rotatable bonds is 10. The molecule has 32 heavy (non-hydrogen) atoms. The highest BCUT2D eigenvalue weighted by molar-refractivity contribution is 7.98. The van der Waals surface area contributed by atoms with E-state index in [1.54, 1.807) is 42.1 Å². The smallest absolute Gasteiger partial charge is 0.264 e. The minimum atomic E-state index is -3.89. The second-order valence-corrected chi connectivity index (χ2v) is 10.5. The number of halogens is 1. The van der Waals surface area contributed by atoms with Gasteiger partial charge in [-0.25, -0.2) is 8.42 Å². The van der Waals surface area contributed by atoms with Gasteiger partial charge in [0.15, 0.2) is 0 Å². The van der Waals surface area contributed by atoms with Crippen LogP contribution < -0.4 is 9.62 Å². The van der Waals surface area contributed by atoms with E-state index in [1.165, 1.54) is 12.1 Å². The van der Waals surface area contributed by atoms with E-state index in [0.29, 0.717) is 18.0 Å². The maximum atomic E-state index is 13.2. The van der Waals surface area contributed by atoms with Gasteiger partial charge in [-0.3, -0.25) is 9.10 Å². The van der Waals surface area contributed by atoms with E-state index in [2.05, 4.69) is 5.32 Å². The number of carbonyl (C=O) groups excluding carboxylic acids is 1. The highest BCUT2D eigenvalue weighted by atomic mass is 35.5. The van der Waals surface area contributed by atoms with Gasteiger partial charge in [-0.15, -0.1) is 0 Å². The second-order valence-electron chi connectivity index (χ2n) is 7.15. The first-order chi connectivity index (χ1) is 15.4. The topological polar surface area (TPSA) is 66.5 Å². The molecule has 0 aliphatic rings. The zero-order chi connectivity index (χ0) is 23.0. The van der Waals surface area contributed by atoms with E-state index >= 15 is 0 Å². The summed E-state index contributed by atoms with van der Waals surface area (Å²) in [5, 5.41) is 3.55. The Morgan fingerprint density at radius 2 is 1.62 bits per heavy atom. The van der Waals surface area contributed by atoms with Crippen LogP contribution in [-0.2, 0) is 20.6 Å². The van der Waals surface area contributed by atoms with Crippen LogP contribution in [0.15, 0.2) is 83.8 Å². The first-order valence-corrected chi connectivity index (χ1v) is 13.1. The number of hydrogen-bond donors (Lipinski definition) is 1. The van der Waals surface area contributed by atoms with Gasteiger partial charge in [0, 0.05) is 23.1 Å². The minimum absolute atomic E-state index is 0.142. The Bertz CT molecular complexity index is 1140. The molecule has 1 amide bonds. The number of anilines is 1. The predicted molar refractivity (Wildman–Crippen MR) is 133 cm³/mol. The van der Waals surface area contributed by atoms with Crippen molar-refractivity contribution in [3.63, 3.8) is 0 Å². The Hall–Kier alpha value is -2.48. The summed E-state index contributed by atoms with van der Waals surface area (Å²) in [7, 11) is -3.89. The molecule has 0 radical (unpaired) electrons. The van der Waals surface area contributed by atoms with Crippen LogP contribution in [0.4, 0.5) is 5.69 Å². The first-order valence-electron chi connectivity index (χ1n) is 10.1. The Balaban J connectivity index is 1.62. The third-order valence-corrected chi connectivity index (χ3v) is 7.89. The molecule has 168 valence electrons. The fraction of sp³-hybridized carbons (Fsp3) is 0.208. The summed E-state index contributed by atoms with van der Waals surface area (Å²) in [6.45, 7) is 2.06. The highest BCUT2D eigenvalue weighted by Gasteiger charge is 2.26. The molecule has 0 fully saturated rings. The number of sulfonamides is 1. The summed E-state index contributed by atoms with van der Waals surface area (Å²) in [5.41, 5.74) is 2.50. The fourth-order valence-electron chi connectivity index (χ4n) is 2.99. The minimum Gasteiger partial charge on any atom is -0.354 e. The van der Waals surface area contributed by atoms with Gasteiger partial charge in [0.25, 0.3) is 10.0 Å². The molecule has 0 aliphatic heterocycles. The van der Waals surface area contributed by atoms with Crippen molar-refractivity contribution in [2.24, 2.45) is 0 Å². The molecule has 8 heteroatoms. The fourth-order valence-corrected chi connectivity index (χ4v) is 5.58. The van der Waals surface area contributed by atoms with Gasteiger partial charge >= 0.3 is 0 Å². The molecule has 5 nitrogen and oxygen atoms in total. The number of amides is 1. The Kier molecular flexibility index (Phi) is 8.61. The number of nitrogens with one attached hydrogen (secondary N) is 1. The Morgan fingerprint density at radius 1 is 0.969 bits per heavy atom. The summed E-state index contributed by atoms with van der Waals surface area (Å²) in [6.07, 6.45) is 0. The van der Waals surface area contributed by atoms with Crippen molar-refractivity contribution < 1.29 is 13.2 Å². The van der Waals surface area contributed by atoms with Crippen molar-refractivity contribution in [3.8, 4) is 0 Å². The Morgan fingerprint density at radius 3 is 2.31 bits per heavy atom. The van der Waals surface area contributed by atoms with Gasteiger partial charge in [0.05, 0.1) is 10.6 Å². The average Bonchev–Trinajstić information content (AvgIpc) is 2.79. The van der Waals surface area contributed by atoms with Crippen molar-refractivity contribution in [2.75, 3.05) is 23.1 Å². The number of benzene rings is 3. The standard InChI is InChI=1S/C24H25ClN2O3S2/c1-19-11-13-21(14-12-19)27(32(29,30)22-8-3-2-4-9-22)17-24(28)26-15-16-31-18-20-7-5-6-10-23(20)25/h2-14H,15-18H2,1H3,(H,26,28). The molecule has 3 aromatic rings. The maximum absolute atomic E-state index is 13.2. The van der Waals surface area contributed by atoms with Crippen LogP contribution in [-0.4, -0.2) is 33.2 Å². The molecule has 0 unspecified atom stereocenters. The second kappa shape index (κ2) is 11.4. The van der Waals surface area contributed by atoms with Crippen LogP contribution in [0.25, 0.3) is 0 Å². The maximum Gasteiger partial charge on any atom is 0.264 e. The molecular formula is C24H25ClN2O3S2. The molecule has 0 heterocycles. The zero-order valence-corrected chi connectivity index (χ0v) is 20.1. The van der Waals surface area contributed by atoms with E-state index in [4.69, 9.17) is 11.6 Å². The molecular weight excluding hydrogens is 464 g/mol. The Labute approximate surface area is 198 Å². The number of hydrogen-bond acceptors (Lipinski definition) is 4. The summed E-state index contributed by atoms with van der Waals surface area (Å²) in [6, 6.07) is 22.9. The summed E-state index contributed by atoms with van der Waals surface area (Å²) < 4.78 is 27.6. The SMILES string of the molecule is Cc1ccc(N(CC(=O)NCCSCc2ccccc2Cl)S(=O)(=O)c2ccccc2)cc1. The van der Waals surface area contributed by atoms with Gasteiger partial charge in [0.2, 0.25) is 5.91 Å². The molecule has 0 bridgehead atoms. The molecule has 0 aromatic heterocycles. The van der Waals surface area contributed by atoms with Crippen LogP contribution in [0.1, 0.15) is 11.1 Å². The molecule has 3 rings (SSSR count). The number of carbonyl (C=O) groups is 1. The molecule has 0 aliphatic carbocycles. The van der Waals surface area contributed by atoms with Crippen molar-refractivity contribution in [3.05, 3.63) is 95.0 Å². The number of aryl methyl sites for hydroxylation is 1. The van der Waals surface area contributed by atoms with Crippen molar-refractivity contribution in [1.29, 1.82) is 0 Å². The van der Waals surface area contributed by atoms with E-state index in [0.717, 1.165) is 26.2 Å². The molecule has 0 saturated carbocycles. The summed E-state index contributed by atoms with van der Waals surface area (Å²) >= 11 is 7.81. The van der Waals surface area contributed by atoms with Gasteiger partial charge in [0.1, 0.15) is 6.54 Å².